The Labute approximate surface area is 343 Å². The second-order valence-corrected chi connectivity index (χ2v) is 18.5. The van der Waals surface area contributed by atoms with Crippen molar-refractivity contribution in [2.24, 2.45) is 11.8 Å². The van der Waals surface area contributed by atoms with Gasteiger partial charge in [-0.1, -0.05) is 127 Å². The Bertz CT molecular complexity index is 1890. The molecule has 54 heavy (non-hydrogen) atoms. The third-order valence-electron chi connectivity index (χ3n) is 9.05. The van der Waals surface area contributed by atoms with E-state index >= 15 is 0 Å². The Morgan fingerprint density at radius 1 is 0.574 bits per heavy atom. The zero-order valence-electron chi connectivity index (χ0n) is 32.9. The number of carbonyl (C=O) groups excluding carboxylic acids is 2. The van der Waals surface area contributed by atoms with Gasteiger partial charge < -0.3 is 10.5 Å². The molecule has 6 aromatic carbocycles. The third-order valence-corrected chi connectivity index (χ3v) is 9.05. The molecule has 0 aliphatic heterocycles. The number of amides is 2. The number of hydrogen-bond acceptors (Lipinski definition) is 2. The van der Waals surface area contributed by atoms with Crippen molar-refractivity contribution in [2.75, 3.05) is 0 Å². The Morgan fingerprint density at radius 3 is 1.26 bits per heavy atom. The summed E-state index contributed by atoms with van der Waals surface area (Å²) in [6.45, 7) is 18.2. The molecule has 0 saturated heterocycles. The van der Waals surface area contributed by atoms with E-state index in [1.807, 2.05) is 0 Å². The van der Waals surface area contributed by atoms with Gasteiger partial charge in [0.25, 0.3) is 0 Å². The molecule has 2 amide bonds. The predicted octanol–water partition coefficient (Wildman–Crippen LogP) is 12.5. The summed E-state index contributed by atoms with van der Waals surface area (Å²) in [7, 11) is 11.0. The van der Waals surface area contributed by atoms with Crippen molar-refractivity contribution in [2.45, 2.75) is 80.1 Å². The van der Waals surface area contributed by atoms with Gasteiger partial charge >= 0.3 is 45.4 Å². The quantitative estimate of drug-likeness (QED) is 0.0558. The van der Waals surface area contributed by atoms with Crippen LogP contribution in [0.4, 0.5) is 0 Å². The molecule has 6 rings (SSSR count). The van der Waals surface area contributed by atoms with E-state index in [9.17, 15) is 9.59 Å². The van der Waals surface area contributed by atoms with Crippen molar-refractivity contribution in [3.05, 3.63) is 131 Å². The zero-order chi connectivity index (χ0) is 39.6. The van der Waals surface area contributed by atoms with Crippen LogP contribution in [-0.4, -0.2) is 20.4 Å². The fourth-order valence-electron chi connectivity index (χ4n) is 6.57. The van der Waals surface area contributed by atoms with Crippen molar-refractivity contribution in [3.63, 3.8) is 0 Å². The number of halogens is 2. The third kappa shape index (κ3) is 13.4. The second kappa shape index (κ2) is 23.5. The SMILES string of the molecule is CC(C)Cc1ccccc1-c1cccc2[cH-]c(C(C)C)cc12.CC(C)Cc1ccccc1-c1cccc2[cH-]c(C(C)C)cc12.O=CN[B]NC=O.[Cl][Zr+2][Cl]. The number of hydrogen-bond donors (Lipinski definition) is 2. The molecule has 0 heterocycles. The summed E-state index contributed by atoms with van der Waals surface area (Å²) in [6, 6.07) is 40.5. The number of carbonyl (C=O) groups is 2. The number of rotatable bonds is 12. The molecule has 0 fully saturated rings. The molecule has 2 N–H and O–H groups in total. The number of nitrogens with one attached hydrogen (secondary N) is 2. The summed E-state index contributed by atoms with van der Waals surface area (Å²) in [5.41, 5.74) is 11.3. The van der Waals surface area contributed by atoms with Gasteiger partial charge in [0, 0.05) is 0 Å². The molecular weight excluding hydrogens is 785 g/mol. The molecule has 6 aromatic rings. The molecule has 0 atom stereocenters. The molecule has 0 aliphatic rings. The van der Waals surface area contributed by atoms with E-state index in [2.05, 4.69) is 175 Å². The first-order valence-corrected chi connectivity index (χ1v) is 25.0. The summed E-state index contributed by atoms with van der Waals surface area (Å²) in [6.07, 6.45) is 3.17. The summed E-state index contributed by atoms with van der Waals surface area (Å²) in [5.74, 6) is 2.50. The molecule has 0 aromatic heterocycles. The average Bonchev–Trinajstić information content (AvgIpc) is 3.79. The molecule has 0 bridgehead atoms. The maximum absolute atomic E-state index is 9.38. The average molecular weight is 840 g/mol. The van der Waals surface area contributed by atoms with Gasteiger partial charge in [0.15, 0.2) is 12.8 Å². The van der Waals surface area contributed by atoms with Crippen LogP contribution in [0.1, 0.15) is 89.5 Å². The van der Waals surface area contributed by atoms with Gasteiger partial charge in [-0.25, -0.2) is 0 Å². The Morgan fingerprint density at radius 2 is 0.926 bits per heavy atom. The van der Waals surface area contributed by atoms with Gasteiger partial charge in [-0.05, 0) is 58.8 Å². The first-order valence-electron chi connectivity index (χ1n) is 18.7. The van der Waals surface area contributed by atoms with Crippen LogP contribution in [-0.2, 0) is 43.3 Å². The normalized spacial score (nSPS) is 10.6. The van der Waals surface area contributed by atoms with Crippen molar-refractivity contribution < 1.29 is 30.4 Å². The van der Waals surface area contributed by atoms with Crippen LogP contribution in [0.25, 0.3) is 43.8 Å². The van der Waals surface area contributed by atoms with Crippen LogP contribution in [0, 0.1) is 11.8 Å². The van der Waals surface area contributed by atoms with Crippen molar-refractivity contribution in [3.8, 4) is 22.3 Å². The number of benzene rings is 4. The van der Waals surface area contributed by atoms with Gasteiger partial charge in [0.05, 0.1) is 0 Å². The first-order chi connectivity index (χ1) is 25.9. The minimum absolute atomic E-state index is 0.455. The van der Waals surface area contributed by atoms with Gasteiger partial charge in [-0.15, -0.1) is 69.1 Å². The van der Waals surface area contributed by atoms with Gasteiger partial charge in [-0.3, -0.25) is 9.59 Å². The predicted molar refractivity (Wildman–Crippen MR) is 231 cm³/mol. The molecule has 0 saturated carbocycles. The maximum atomic E-state index is 9.38. The minimum atomic E-state index is -0.826. The number of fused-ring (bicyclic) bond motifs is 2. The Kier molecular flexibility index (Phi) is 19.5. The van der Waals surface area contributed by atoms with E-state index < -0.39 is 20.8 Å². The first kappa shape index (κ1) is 45.0. The molecule has 1 radical (unpaired) electrons. The second-order valence-electron chi connectivity index (χ2n) is 14.8. The molecule has 0 spiro atoms. The van der Waals surface area contributed by atoms with E-state index in [1.165, 1.54) is 66.1 Å². The molecule has 0 aliphatic carbocycles. The van der Waals surface area contributed by atoms with Crippen molar-refractivity contribution >= 4 is 58.9 Å². The van der Waals surface area contributed by atoms with Crippen LogP contribution in [0.3, 0.4) is 0 Å². The molecule has 8 heteroatoms. The van der Waals surface area contributed by atoms with Crippen LogP contribution in [0.5, 0.6) is 0 Å². The monoisotopic (exact) mass is 837 g/mol. The van der Waals surface area contributed by atoms with Gasteiger partial charge in [0.2, 0.25) is 0 Å². The van der Waals surface area contributed by atoms with E-state index in [4.69, 9.17) is 17.0 Å². The van der Waals surface area contributed by atoms with Crippen LogP contribution < -0.4 is 10.5 Å². The molecule has 4 nitrogen and oxygen atoms in total. The van der Waals surface area contributed by atoms with Crippen LogP contribution in [0.15, 0.2) is 109 Å². The van der Waals surface area contributed by atoms with Crippen LogP contribution >= 0.6 is 17.0 Å². The Balaban J connectivity index is 0.000000233. The van der Waals surface area contributed by atoms with Crippen molar-refractivity contribution in [1.29, 1.82) is 0 Å². The fraction of sp³-hybridized carbons (Fsp3) is 0.304. The molecule has 281 valence electrons. The van der Waals surface area contributed by atoms with E-state index in [0.29, 0.717) is 36.5 Å². The van der Waals surface area contributed by atoms with Crippen LogP contribution in [0.2, 0.25) is 0 Å². The topological polar surface area (TPSA) is 58.2 Å². The summed E-state index contributed by atoms with van der Waals surface area (Å²) in [5, 5.41) is 9.71. The Hall–Kier alpha value is -3.43. The van der Waals surface area contributed by atoms with E-state index in [0.717, 1.165) is 20.4 Å². The van der Waals surface area contributed by atoms with Crippen molar-refractivity contribution in [1.82, 2.24) is 10.5 Å². The summed E-state index contributed by atoms with van der Waals surface area (Å²) >= 11 is -0.826. The summed E-state index contributed by atoms with van der Waals surface area (Å²) < 4.78 is 0. The molecule has 0 unspecified atom stereocenters. The zero-order valence-corrected chi connectivity index (χ0v) is 36.9. The standard InChI is InChI=1S/2C22H25.C2H4BN2O2.2ClH.Zr/c2*1-15(2)12-17-8-5-6-10-20(17)21-11-7-9-18-13-19(16(3)4)14-22(18)21;6-1-4-3-5-2-7;;;/h2*5-11,13-16H,12H2,1-4H3;1-2H,(H,4,6)(H,5,7);2*1H;/q2*-1;;;;+4/p-2. The summed E-state index contributed by atoms with van der Waals surface area (Å²) in [4.78, 5) is 18.8. The molecular formula is C46H54BCl2N2O2Zr. The van der Waals surface area contributed by atoms with E-state index in [1.54, 1.807) is 0 Å². The van der Waals surface area contributed by atoms with E-state index in [-0.39, 0.29) is 0 Å². The van der Waals surface area contributed by atoms with Gasteiger partial charge in [-0.2, -0.15) is 12.1 Å². The fourth-order valence-corrected chi connectivity index (χ4v) is 6.57. The van der Waals surface area contributed by atoms with Gasteiger partial charge in [0.1, 0.15) is 0 Å².